The van der Waals surface area contributed by atoms with Gasteiger partial charge in [-0.05, 0) is 31.0 Å². The van der Waals surface area contributed by atoms with Crippen molar-refractivity contribution in [1.29, 1.82) is 0 Å². The highest BCUT2D eigenvalue weighted by Crippen LogP contribution is 2.29. The fourth-order valence-electron chi connectivity index (χ4n) is 2.82. The molecule has 0 bridgehead atoms. The van der Waals surface area contributed by atoms with Crippen molar-refractivity contribution in [3.63, 3.8) is 0 Å². The second kappa shape index (κ2) is 6.05. The number of benzene rings is 1. The molecule has 7 heteroatoms. The number of halogens is 1. The molecule has 122 valence electrons. The van der Waals surface area contributed by atoms with Crippen molar-refractivity contribution >= 4 is 32.6 Å². The lowest BCUT2D eigenvalue weighted by Gasteiger charge is -2.34. The van der Waals surface area contributed by atoms with Crippen LogP contribution < -0.4 is 10.2 Å². The number of aromatic nitrogens is 1. The Balaban J connectivity index is 1.35. The number of fused-ring (bicyclic) bond motifs is 1. The van der Waals surface area contributed by atoms with E-state index in [1.54, 1.807) is 6.07 Å². The number of nitrogens with zero attached hydrogens (tertiary/aromatic N) is 3. The lowest BCUT2D eigenvalue weighted by atomic mass is 10.3. The molecule has 1 aromatic carbocycles. The summed E-state index contributed by atoms with van der Waals surface area (Å²) in [5, 5.41) is 3.96. The Labute approximate surface area is 138 Å². The molecule has 2 aromatic rings. The van der Waals surface area contributed by atoms with Gasteiger partial charge < -0.3 is 10.2 Å². The van der Waals surface area contributed by atoms with Crippen LogP contribution in [0.15, 0.2) is 18.2 Å². The molecular formula is C16H19FN4OS. The van der Waals surface area contributed by atoms with Gasteiger partial charge >= 0.3 is 0 Å². The summed E-state index contributed by atoms with van der Waals surface area (Å²) in [6, 6.07) is 5.13. The zero-order chi connectivity index (χ0) is 15.8. The molecule has 1 aliphatic heterocycles. The molecule has 4 rings (SSSR count). The van der Waals surface area contributed by atoms with Crippen molar-refractivity contribution in [3.05, 3.63) is 24.0 Å². The minimum absolute atomic E-state index is 0.136. The number of piperazine rings is 1. The third-order valence-electron chi connectivity index (χ3n) is 4.29. The van der Waals surface area contributed by atoms with E-state index in [1.165, 1.54) is 23.5 Å². The van der Waals surface area contributed by atoms with Crippen molar-refractivity contribution in [2.45, 2.75) is 18.9 Å². The number of carbonyl (C=O) groups excluding carboxylic acids is 1. The van der Waals surface area contributed by atoms with Gasteiger partial charge in [-0.2, -0.15) is 0 Å². The molecule has 0 unspecified atom stereocenters. The summed E-state index contributed by atoms with van der Waals surface area (Å²) >= 11 is 1.53. The molecule has 1 saturated heterocycles. The predicted molar refractivity (Wildman–Crippen MR) is 89.4 cm³/mol. The monoisotopic (exact) mass is 334 g/mol. The van der Waals surface area contributed by atoms with Crippen LogP contribution in [0.3, 0.4) is 0 Å². The predicted octanol–water partition coefficient (Wildman–Crippen LogP) is 1.84. The van der Waals surface area contributed by atoms with E-state index in [-0.39, 0.29) is 11.7 Å². The van der Waals surface area contributed by atoms with Gasteiger partial charge in [-0.15, -0.1) is 0 Å². The van der Waals surface area contributed by atoms with E-state index in [1.807, 2.05) is 0 Å². The van der Waals surface area contributed by atoms with Crippen molar-refractivity contribution < 1.29 is 9.18 Å². The number of carbonyl (C=O) groups is 1. The first kappa shape index (κ1) is 14.8. The first-order chi connectivity index (χ1) is 11.2. The SMILES string of the molecule is O=C(CN1CCN(c2nc3ccc(F)cc3s2)CC1)NC1CC1. The molecule has 0 spiro atoms. The number of rotatable bonds is 4. The van der Waals surface area contributed by atoms with Gasteiger partial charge in [0.15, 0.2) is 5.13 Å². The Kier molecular flexibility index (Phi) is 3.90. The highest BCUT2D eigenvalue weighted by atomic mass is 32.1. The van der Waals surface area contributed by atoms with Gasteiger partial charge in [-0.3, -0.25) is 9.69 Å². The van der Waals surface area contributed by atoms with E-state index >= 15 is 0 Å². The molecular weight excluding hydrogens is 315 g/mol. The summed E-state index contributed by atoms with van der Waals surface area (Å²) in [7, 11) is 0. The molecule has 2 fully saturated rings. The molecule has 5 nitrogen and oxygen atoms in total. The summed E-state index contributed by atoms with van der Waals surface area (Å²) in [5.74, 6) is -0.0874. The third-order valence-corrected chi connectivity index (χ3v) is 5.37. The maximum Gasteiger partial charge on any atom is 0.234 e. The molecule has 23 heavy (non-hydrogen) atoms. The fourth-order valence-corrected chi connectivity index (χ4v) is 3.87. The lowest BCUT2D eigenvalue weighted by Crippen LogP contribution is -2.49. The minimum atomic E-state index is -0.223. The first-order valence-electron chi connectivity index (χ1n) is 8.00. The second-order valence-electron chi connectivity index (χ2n) is 6.21. The van der Waals surface area contributed by atoms with E-state index < -0.39 is 0 Å². The molecule has 2 heterocycles. The van der Waals surface area contributed by atoms with Crippen LogP contribution in [0.5, 0.6) is 0 Å². The lowest BCUT2D eigenvalue weighted by molar-refractivity contribution is -0.122. The summed E-state index contributed by atoms with van der Waals surface area (Å²) in [6.45, 7) is 3.87. The van der Waals surface area contributed by atoms with Gasteiger partial charge in [0.1, 0.15) is 5.82 Å². The maximum atomic E-state index is 13.3. The van der Waals surface area contributed by atoms with E-state index in [2.05, 4.69) is 20.1 Å². The van der Waals surface area contributed by atoms with Gasteiger partial charge in [0, 0.05) is 32.2 Å². The van der Waals surface area contributed by atoms with Gasteiger partial charge in [0.25, 0.3) is 0 Å². The maximum absolute atomic E-state index is 13.3. The van der Waals surface area contributed by atoms with E-state index in [0.29, 0.717) is 12.6 Å². The van der Waals surface area contributed by atoms with Crippen LogP contribution in [-0.4, -0.2) is 54.6 Å². The number of nitrogens with one attached hydrogen (secondary N) is 1. The Hall–Kier alpha value is -1.73. The Bertz CT molecular complexity index is 722. The molecule has 0 atom stereocenters. The Morgan fingerprint density at radius 2 is 2.09 bits per heavy atom. The molecule has 1 saturated carbocycles. The zero-order valence-corrected chi connectivity index (χ0v) is 13.6. The van der Waals surface area contributed by atoms with Crippen molar-refractivity contribution in [3.8, 4) is 0 Å². The van der Waals surface area contributed by atoms with Crippen LogP contribution in [-0.2, 0) is 4.79 Å². The van der Waals surface area contributed by atoms with Crippen molar-refractivity contribution in [2.75, 3.05) is 37.6 Å². The van der Waals surface area contributed by atoms with Gasteiger partial charge in [0.2, 0.25) is 5.91 Å². The van der Waals surface area contributed by atoms with Crippen LogP contribution in [0.4, 0.5) is 9.52 Å². The second-order valence-corrected chi connectivity index (χ2v) is 7.22. The molecule has 1 aromatic heterocycles. The fraction of sp³-hybridized carbons (Fsp3) is 0.500. The Morgan fingerprint density at radius 3 is 2.83 bits per heavy atom. The van der Waals surface area contributed by atoms with Gasteiger partial charge in [0.05, 0.1) is 16.8 Å². The molecule has 1 N–H and O–H groups in total. The van der Waals surface area contributed by atoms with Crippen molar-refractivity contribution in [1.82, 2.24) is 15.2 Å². The summed E-state index contributed by atoms with van der Waals surface area (Å²) in [6.07, 6.45) is 2.25. The van der Waals surface area contributed by atoms with E-state index in [4.69, 9.17) is 0 Å². The highest BCUT2D eigenvalue weighted by Gasteiger charge is 2.25. The van der Waals surface area contributed by atoms with Crippen LogP contribution in [0.1, 0.15) is 12.8 Å². The average Bonchev–Trinajstić information content (AvgIpc) is 3.24. The van der Waals surface area contributed by atoms with E-state index in [0.717, 1.165) is 54.4 Å². The molecule has 2 aliphatic rings. The molecule has 1 aliphatic carbocycles. The smallest absolute Gasteiger partial charge is 0.234 e. The highest BCUT2D eigenvalue weighted by molar-refractivity contribution is 7.22. The number of hydrogen-bond acceptors (Lipinski definition) is 5. The van der Waals surface area contributed by atoms with Gasteiger partial charge in [-0.25, -0.2) is 9.37 Å². The standard InChI is InChI=1S/C16H19FN4OS/c17-11-1-4-13-14(9-11)23-16(19-13)21-7-5-20(6-8-21)10-15(22)18-12-2-3-12/h1,4,9,12H,2-3,5-8,10H2,(H,18,22). The Morgan fingerprint density at radius 1 is 1.30 bits per heavy atom. The van der Waals surface area contributed by atoms with Crippen LogP contribution >= 0.6 is 11.3 Å². The normalized spacial score (nSPS) is 19.3. The van der Waals surface area contributed by atoms with E-state index in [9.17, 15) is 9.18 Å². The summed E-state index contributed by atoms with van der Waals surface area (Å²) in [4.78, 5) is 20.8. The third kappa shape index (κ3) is 3.45. The topological polar surface area (TPSA) is 48.5 Å². The molecule has 0 radical (unpaired) electrons. The minimum Gasteiger partial charge on any atom is -0.352 e. The van der Waals surface area contributed by atoms with Crippen molar-refractivity contribution in [2.24, 2.45) is 0 Å². The average molecular weight is 334 g/mol. The first-order valence-corrected chi connectivity index (χ1v) is 8.82. The van der Waals surface area contributed by atoms with Gasteiger partial charge in [-0.1, -0.05) is 11.3 Å². The number of anilines is 1. The number of thiazole rings is 1. The van der Waals surface area contributed by atoms with Crippen LogP contribution in [0, 0.1) is 5.82 Å². The van der Waals surface area contributed by atoms with Crippen LogP contribution in [0.25, 0.3) is 10.2 Å². The number of amides is 1. The quantitative estimate of drug-likeness (QED) is 0.927. The molecule has 1 amide bonds. The summed E-state index contributed by atoms with van der Waals surface area (Å²) < 4.78 is 14.2. The summed E-state index contributed by atoms with van der Waals surface area (Å²) in [5.41, 5.74) is 0.845. The zero-order valence-electron chi connectivity index (χ0n) is 12.8. The van der Waals surface area contributed by atoms with Crippen LogP contribution in [0.2, 0.25) is 0 Å². The number of hydrogen-bond donors (Lipinski definition) is 1. The largest absolute Gasteiger partial charge is 0.352 e.